The fourth-order valence-corrected chi connectivity index (χ4v) is 2.81. The fourth-order valence-electron chi connectivity index (χ4n) is 1.50. The Bertz CT molecular complexity index is 727. The Morgan fingerprint density at radius 2 is 2.05 bits per heavy atom. The zero-order valence-electron chi connectivity index (χ0n) is 10.5. The molecule has 0 unspecified atom stereocenters. The van der Waals surface area contributed by atoms with Gasteiger partial charge < -0.3 is 10.4 Å². The molecule has 1 amide bonds. The van der Waals surface area contributed by atoms with Gasteiger partial charge in [0.15, 0.2) is 0 Å². The van der Waals surface area contributed by atoms with Crippen LogP contribution in [0.25, 0.3) is 6.08 Å². The van der Waals surface area contributed by atoms with Crippen molar-refractivity contribution in [1.82, 2.24) is 0 Å². The van der Waals surface area contributed by atoms with E-state index in [0.29, 0.717) is 14.5 Å². The monoisotopic (exact) mass is 385 g/mol. The van der Waals surface area contributed by atoms with Gasteiger partial charge in [-0.15, -0.1) is 11.3 Å². The second-order valence-electron chi connectivity index (χ2n) is 3.96. The van der Waals surface area contributed by atoms with Gasteiger partial charge in [0, 0.05) is 15.4 Å². The first-order chi connectivity index (χ1) is 9.95. The Morgan fingerprint density at radius 1 is 1.29 bits per heavy atom. The van der Waals surface area contributed by atoms with E-state index in [0.717, 1.165) is 4.88 Å². The van der Waals surface area contributed by atoms with E-state index in [1.54, 1.807) is 24.3 Å². The minimum Gasteiger partial charge on any atom is -0.478 e. The molecule has 0 radical (unpaired) electrons. The summed E-state index contributed by atoms with van der Waals surface area (Å²) in [6.45, 7) is 0. The Balaban J connectivity index is 2.10. The average Bonchev–Trinajstić information content (AvgIpc) is 2.84. The summed E-state index contributed by atoms with van der Waals surface area (Å²) in [4.78, 5) is 23.6. The first-order valence-electron chi connectivity index (χ1n) is 5.73. The molecular formula is C14H9BrClNO3S. The molecule has 2 N–H and O–H groups in total. The van der Waals surface area contributed by atoms with Crippen LogP contribution < -0.4 is 5.32 Å². The highest BCUT2D eigenvalue weighted by molar-refractivity contribution is 9.10. The molecule has 0 fully saturated rings. The van der Waals surface area contributed by atoms with Gasteiger partial charge in [-0.25, -0.2) is 4.79 Å². The lowest BCUT2D eigenvalue weighted by atomic mass is 10.2. The molecule has 1 aromatic heterocycles. The third-order valence-electron chi connectivity index (χ3n) is 2.46. The van der Waals surface area contributed by atoms with Gasteiger partial charge in [-0.3, -0.25) is 4.79 Å². The van der Waals surface area contributed by atoms with Crippen LogP contribution in [0, 0.1) is 0 Å². The summed E-state index contributed by atoms with van der Waals surface area (Å²) in [5.41, 5.74) is 0.497. The topological polar surface area (TPSA) is 66.4 Å². The number of nitrogens with one attached hydrogen (secondary N) is 1. The summed E-state index contributed by atoms with van der Waals surface area (Å²) >= 11 is 10.4. The molecule has 0 aliphatic carbocycles. The van der Waals surface area contributed by atoms with Crippen LogP contribution in [0.4, 0.5) is 5.69 Å². The zero-order valence-corrected chi connectivity index (χ0v) is 13.6. The van der Waals surface area contributed by atoms with E-state index < -0.39 is 5.97 Å². The molecule has 2 rings (SSSR count). The maximum absolute atomic E-state index is 11.8. The van der Waals surface area contributed by atoms with Crippen LogP contribution in [0.5, 0.6) is 0 Å². The number of carboxylic acids is 1. The van der Waals surface area contributed by atoms with Crippen LogP contribution >= 0.6 is 38.9 Å². The van der Waals surface area contributed by atoms with Crippen LogP contribution in [0.15, 0.2) is 40.9 Å². The van der Waals surface area contributed by atoms with Crippen LogP contribution in [0.3, 0.4) is 0 Å². The lowest BCUT2D eigenvalue weighted by Gasteiger charge is -2.06. The molecule has 2 aromatic rings. The number of aromatic carboxylic acids is 1. The number of thiophene rings is 1. The minimum atomic E-state index is -1.05. The van der Waals surface area contributed by atoms with E-state index in [1.165, 1.54) is 29.5 Å². The van der Waals surface area contributed by atoms with Crippen molar-refractivity contribution in [3.63, 3.8) is 0 Å². The van der Waals surface area contributed by atoms with Crippen LogP contribution in [-0.2, 0) is 4.79 Å². The second kappa shape index (κ2) is 6.89. The first kappa shape index (κ1) is 15.8. The number of carbonyl (C=O) groups excluding carboxylic acids is 1. The standard InChI is InChI=1S/C14H9BrClNO3S/c15-10-4-1-8(14(19)20)7-11(10)17-13(18)6-3-9-2-5-12(16)21-9/h1-7H,(H,17,18)(H,19,20)/b6-3+. The summed E-state index contributed by atoms with van der Waals surface area (Å²) in [5, 5.41) is 11.6. The highest BCUT2D eigenvalue weighted by atomic mass is 79.9. The number of anilines is 1. The molecule has 0 saturated heterocycles. The van der Waals surface area contributed by atoms with E-state index in [9.17, 15) is 9.59 Å². The van der Waals surface area contributed by atoms with Crippen molar-refractivity contribution < 1.29 is 14.7 Å². The van der Waals surface area contributed by atoms with Crippen LogP contribution in [-0.4, -0.2) is 17.0 Å². The van der Waals surface area contributed by atoms with Gasteiger partial charge in [0.05, 0.1) is 15.6 Å². The van der Waals surface area contributed by atoms with E-state index in [4.69, 9.17) is 16.7 Å². The number of rotatable bonds is 4. The summed E-state index contributed by atoms with van der Waals surface area (Å²) < 4.78 is 1.25. The largest absolute Gasteiger partial charge is 0.478 e. The predicted molar refractivity (Wildman–Crippen MR) is 88.1 cm³/mol. The number of carboxylic acid groups (broad SMARTS) is 1. The van der Waals surface area contributed by atoms with Gasteiger partial charge in [0.1, 0.15) is 0 Å². The first-order valence-corrected chi connectivity index (χ1v) is 7.71. The number of amides is 1. The van der Waals surface area contributed by atoms with Gasteiger partial charge in [-0.1, -0.05) is 11.6 Å². The lowest BCUT2D eigenvalue weighted by molar-refractivity contribution is -0.111. The van der Waals surface area contributed by atoms with Crippen molar-refractivity contribution in [1.29, 1.82) is 0 Å². The average molecular weight is 387 g/mol. The SMILES string of the molecule is O=C(/C=C/c1ccc(Cl)s1)Nc1cc(C(=O)O)ccc1Br. The highest BCUT2D eigenvalue weighted by Crippen LogP contribution is 2.24. The summed E-state index contributed by atoms with van der Waals surface area (Å²) in [6.07, 6.45) is 3.00. The number of benzene rings is 1. The van der Waals surface area contributed by atoms with Gasteiger partial charge in [-0.05, 0) is 52.3 Å². The Hall–Kier alpha value is -1.63. The van der Waals surface area contributed by atoms with Crippen molar-refractivity contribution in [2.24, 2.45) is 0 Å². The summed E-state index contributed by atoms with van der Waals surface area (Å²) in [5.74, 6) is -1.41. The normalized spacial score (nSPS) is 10.8. The van der Waals surface area contributed by atoms with E-state index in [2.05, 4.69) is 21.2 Å². The van der Waals surface area contributed by atoms with Gasteiger partial charge >= 0.3 is 5.97 Å². The quantitative estimate of drug-likeness (QED) is 0.760. The molecule has 108 valence electrons. The number of carbonyl (C=O) groups is 2. The molecule has 0 spiro atoms. The van der Waals surface area contributed by atoms with E-state index >= 15 is 0 Å². The van der Waals surface area contributed by atoms with Crippen molar-refractivity contribution in [3.8, 4) is 0 Å². The summed E-state index contributed by atoms with van der Waals surface area (Å²) in [7, 11) is 0. The van der Waals surface area contributed by atoms with Crippen molar-refractivity contribution >= 4 is 62.5 Å². The zero-order chi connectivity index (χ0) is 15.4. The smallest absolute Gasteiger partial charge is 0.335 e. The van der Waals surface area contributed by atoms with Crippen molar-refractivity contribution in [2.75, 3.05) is 5.32 Å². The molecule has 0 bridgehead atoms. The maximum atomic E-state index is 11.8. The Labute approximate surface area is 138 Å². The number of halogens is 2. The molecule has 7 heteroatoms. The molecule has 1 aromatic carbocycles. The molecule has 4 nitrogen and oxygen atoms in total. The molecule has 0 aliphatic rings. The van der Waals surface area contributed by atoms with Gasteiger partial charge in [0.25, 0.3) is 0 Å². The lowest BCUT2D eigenvalue weighted by Crippen LogP contribution is -2.09. The third kappa shape index (κ3) is 4.42. The second-order valence-corrected chi connectivity index (χ2v) is 6.57. The Kier molecular flexibility index (Phi) is 5.17. The molecule has 1 heterocycles. The van der Waals surface area contributed by atoms with Crippen molar-refractivity contribution in [2.45, 2.75) is 0 Å². The van der Waals surface area contributed by atoms with Crippen molar-refractivity contribution in [3.05, 3.63) is 55.7 Å². The molecule has 21 heavy (non-hydrogen) atoms. The Morgan fingerprint density at radius 3 is 2.67 bits per heavy atom. The molecular weight excluding hydrogens is 378 g/mol. The minimum absolute atomic E-state index is 0.0996. The van der Waals surface area contributed by atoms with Crippen LogP contribution in [0.1, 0.15) is 15.2 Å². The maximum Gasteiger partial charge on any atom is 0.335 e. The van der Waals surface area contributed by atoms with Gasteiger partial charge in [-0.2, -0.15) is 0 Å². The molecule has 0 aliphatic heterocycles. The molecule has 0 saturated carbocycles. The van der Waals surface area contributed by atoms with E-state index in [-0.39, 0.29) is 11.5 Å². The third-order valence-corrected chi connectivity index (χ3v) is 4.35. The predicted octanol–water partition coefficient (Wildman–Crippen LogP) is 4.51. The highest BCUT2D eigenvalue weighted by Gasteiger charge is 2.08. The van der Waals surface area contributed by atoms with Gasteiger partial charge in [0.2, 0.25) is 5.91 Å². The van der Waals surface area contributed by atoms with Crippen LogP contribution in [0.2, 0.25) is 4.34 Å². The number of hydrogen-bond donors (Lipinski definition) is 2. The van der Waals surface area contributed by atoms with E-state index in [1.807, 2.05) is 0 Å². The fraction of sp³-hybridized carbons (Fsp3) is 0. The number of hydrogen-bond acceptors (Lipinski definition) is 3. The summed E-state index contributed by atoms with van der Waals surface area (Å²) in [6, 6.07) is 7.96. The molecule has 0 atom stereocenters.